The Balaban J connectivity index is 2.51. The van der Waals surface area contributed by atoms with Crippen LogP contribution in [-0.4, -0.2) is 19.4 Å². The molecule has 0 unspecified atom stereocenters. The summed E-state index contributed by atoms with van der Waals surface area (Å²) < 4.78 is 46.5. The quantitative estimate of drug-likeness (QED) is 0.723. The maximum Gasteiger partial charge on any atom is 0.573 e. The van der Waals surface area contributed by atoms with Crippen LogP contribution in [0.15, 0.2) is 46.9 Å². The SMILES string of the molecule is COC(=O)c1cc(-c2ccccc2OC(F)(F)F)ccc1Br. The molecule has 0 amide bonds. The van der Waals surface area contributed by atoms with Crippen molar-refractivity contribution < 1.29 is 27.4 Å². The summed E-state index contributed by atoms with van der Waals surface area (Å²) in [5.74, 6) is -0.934. The zero-order valence-electron chi connectivity index (χ0n) is 11.3. The third-order valence-electron chi connectivity index (χ3n) is 2.80. The first-order valence-corrected chi connectivity index (χ1v) is 6.84. The van der Waals surface area contributed by atoms with Crippen molar-refractivity contribution in [3.63, 3.8) is 0 Å². The number of ether oxygens (including phenoxy) is 2. The van der Waals surface area contributed by atoms with Gasteiger partial charge in [-0.2, -0.15) is 0 Å². The molecule has 0 fully saturated rings. The Bertz CT molecular complexity index is 699. The Morgan fingerprint density at radius 3 is 2.45 bits per heavy atom. The fourth-order valence-corrected chi connectivity index (χ4v) is 2.29. The molecule has 0 aliphatic heterocycles. The number of benzene rings is 2. The van der Waals surface area contributed by atoms with Crippen LogP contribution in [0, 0.1) is 0 Å². The van der Waals surface area contributed by atoms with E-state index in [1.165, 1.54) is 31.4 Å². The number of carbonyl (C=O) groups excluding carboxylic acids is 1. The molecule has 0 aromatic heterocycles. The van der Waals surface area contributed by atoms with E-state index in [2.05, 4.69) is 25.4 Å². The van der Waals surface area contributed by atoms with Crippen LogP contribution in [0.2, 0.25) is 0 Å². The first kappa shape index (κ1) is 16.4. The third kappa shape index (κ3) is 3.79. The Morgan fingerprint density at radius 1 is 1.14 bits per heavy atom. The topological polar surface area (TPSA) is 35.5 Å². The molecule has 0 radical (unpaired) electrons. The molecule has 0 heterocycles. The van der Waals surface area contributed by atoms with E-state index in [1.807, 2.05) is 0 Å². The monoisotopic (exact) mass is 374 g/mol. The highest BCUT2D eigenvalue weighted by molar-refractivity contribution is 9.10. The van der Waals surface area contributed by atoms with E-state index in [0.29, 0.717) is 10.0 Å². The lowest BCUT2D eigenvalue weighted by Crippen LogP contribution is -2.17. The highest BCUT2D eigenvalue weighted by atomic mass is 79.9. The van der Waals surface area contributed by atoms with Crippen molar-refractivity contribution in [2.45, 2.75) is 6.36 Å². The van der Waals surface area contributed by atoms with Crippen LogP contribution in [0.25, 0.3) is 11.1 Å². The van der Waals surface area contributed by atoms with Crippen LogP contribution >= 0.6 is 15.9 Å². The van der Waals surface area contributed by atoms with Gasteiger partial charge in [0.15, 0.2) is 0 Å². The number of alkyl halides is 3. The van der Waals surface area contributed by atoms with E-state index in [-0.39, 0.29) is 16.9 Å². The van der Waals surface area contributed by atoms with Crippen molar-refractivity contribution in [1.82, 2.24) is 0 Å². The summed E-state index contributed by atoms with van der Waals surface area (Å²) in [6.07, 6.45) is -4.79. The molecule has 0 aliphatic rings. The number of halogens is 4. The molecular weight excluding hydrogens is 365 g/mol. The number of methoxy groups -OCH3 is 1. The molecule has 116 valence electrons. The van der Waals surface area contributed by atoms with Gasteiger partial charge >= 0.3 is 12.3 Å². The zero-order chi connectivity index (χ0) is 16.3. The summed E-state index contributed by atoms with van der Waals surface area (Å²) >= 11 is 3.20. The Kier molecular flexibility index (Phi) is 4.75. The molecular formula is C15H10BrF3O3. The molecule has 2 aromatic rings. The summed E-state index contributed by atoms with van der Waals surface area (Å²) in [6.45, 7) is 0. The second-order valence-electron chi connectivity index (χ2n) is 4.23. The average molecular weight is 375 g/mol. The minimum absolute atomic E-state index is 0.210. The van der Waals surface area contributed by atoms with Crippen molar-refractivity contribution >= 4 is 21.9 Å². The zero-order valence-corrected chi connectivity index (χ0v) is 12.9. The number of hydrogen-bond donors (Lipinski definition) is 0. The minimum atomic E-state index is -4.79. The highest BCUT2D eigenvalue weighted by Crippen LogP contribution is 2.35. The van der Waals surface area contributed by atoms with Crippen molar-refractivity contribution in [3.8, 4) is 16.9 Å². The maximum absolute atomic E-state index is 12.5. The van der Waals surface area contributed by atoms with E-state index < -0.39 is 12.3 Å². The van der Waals surface area contributed by atoms with Crippen LogP contribution < -0.4 is 4.74 Å². The Hall–Kier alpha value is -2.02. The van der Waals surface area contributed by atoms with Crippen LogP contribution in [0.4, 0.5) is 13.2 Å². The molecule has 0 bridgehead atoms. The maximum atomic E-state index is 12.5. The lowest BCUT2D eigenvalue weighted by Gasteiger charge is -2.14. The smallest absolute Gasteiger partial charge is 0.465 e. The van der Waals surface area contributed by atoms with Crippen molar-refractivity contribution in [1.29, 1.82) is 0 Å². The standard InChI is InChI=1S/C15H10BrF3O3/c1-21-14(20)11-8-9(6-7-12(11)16)10-4-2-3-5-13(10)22-15(17,18)19/h2-8H,1H3. The van der Waals surface area contributed by atoms with Crippen LogP contribution in [0.5, 0.6) is 5.75 Å². The van der Waals surface area contributed by atoms with Gasteiger partial charge in [0.25, 0.3) is 0 Å². The van der Waals surface area contributed by atoms with Gasteiger partial charge in [0, 0.05) is 10.0 Å². The first-order chi connectivity index (χ1) is 10.3. The van der Waals surface area contributed by atoms with Crippen molar-refractivity contribution in [3.05, 3.63) is 52.5 Å². The molecule has 0 spiro atoms. The second-order valence-corrected chi connectivity index (χ2v) is 5.08. The molecule has 3 nitrogen and oxygen atoms in total. The van der Waals surface area contributed by atoms with Crippen LogP contribution in [-0.2, 0) is 4.74 Å². The summed E-state index contributed by atoms with van der Waals surface area (Å²) in [6, 6.07) is 10.3. The molecule has 22 heavy (non-hydrogen) atoms. The number of esters is 1. The summed E-state index contributed by atoms with van der Waals surface area (Å²) in [5.41, 5.74) is 0.836. The van der Waals surface area contributed by atoms with E-state index >= 15 is 0 Å². The number of carbonyl (C=O) groups is 1. The summed E-state index contributed by atoms with van der Waals surface area (Å²) in [5, 5.41) is 0. The average Bonchev–Trinajstić information content (AvgIpc) is 2.46. The number of rotatable bonds is 3. The van der Waals surface area contributed by atoms with E-state index in [0.717, 1.165) is 0 Å². The Labute approximate surface area is 132 Å². The minimum Gasteiger partial charge on any atom is -0.465 e. The fraction of sp³-hybridized carbons (Fsp3) is 0.133. The second kappa shape index (κ2) is 6.39. The molecule has 0 N–H and O–H groups in total. The molecule has 0 saturated carbocycles. The van der Waals surface area contributed by atoms with Gasteiger partial charge in [-0.25, -0.2) is 4.79 Å². The van der Waals surface area contributed by atoms with Gasteiger partial charge in [-0.15, -0.1) is 13.2 Å². The van der Waals surface area contributed by atoms with Crippen LogP contribution in [0.3, 0.4) is 0 Å². The largest absolute Gasteiger partial charge is 0.573 e. The van der Waals surface area contributed by atoms with Gasteiger partial charge in [0.1, 0.15) is 5.75 Å². The molecule has 0 saturated heterocycles. The molecule has 0 aliphatic carbocycles. The van der Waals surface area contributed by atoms with Gasteiger partial charge in [0.05, 0.1) is 12.7 Å². The highest BCUT2D eigenvalue weighted by Gasteiger charge is 2.32. The fourth-order valence-electron chi connectivity index (χ4n) is 1.88. The molecule has 2 aromatic carbocycles. The van der Waals surface area contributed by atoms with Gasteiger partial charge in [-0.3, -0.25) is 0 Å². The van der Waals surface area contributed by atoms with E-state index in [1.54, 1.807) is 18.2 Å². The van der Waals surface area contributed by atoms with Gasteiger partial charge in [-0.1, -0.05) is 24.3 Å². The van der Waals surface area contributed by atoms with Gasteiger partial charge < -0.3 is 9.47 Å². The van der Waals surface area contributed by atoms with Crippen LogP contribution in [0.1, 0.15) is 10.4 Å². The summed E-state index contributed by atoms with van der Waals surface area (Å²) in [7, 11) is 1.22. The Morgan fingerprint density at radius 2 is 1.82 bits per heavy atom. The lowest BCUT2D eigenvalue weighted by atomic mass is 10.0. The van der Waals surface area contributed by atoms with E-state index in [9.17, 15) is 18.0 Å². The van der Waals surface area contributed by atoms with E-state index in [4.69, 9.17) is 0 Å². The van der Waals surface area contributed by atoms with Gasteiger partial charge in [0.2, 0.25) is 0 Å². The predicted octanol–water partition coefficient (Wildman–Crippen LogP) is 4.80. The van der Waals surface area contributed by atoms with Crippen molar-refractivity contribution in [2.24, 2.45) is 0 Å². The molecule has 7 heteroatoms. The normalized spacial score (nSPS) is 11.1. The first-order valence-electron chi connectivity index (χ1n) is 6.05. The predicted molar refractivity (Wildman–Crippen MR) is 77.6 cm³/mol. The molecule has 0 atom stereocenters. The van der Waals surface area contributed by atoms with Gasteiger partial charge in [-0.05, 0) is 39.7 Å². The summed E-state index contributed by atoms with van der Waals surface area (Å²) in [4.78, 5) is 11.7. The van der Waals surface area contributed by atoms with Crippen molar-refractivity contribution in [2.75, 3.05) is 7.11 Å². The third-order valence-corrected chi connectivity index (χ3v) is 3.49. The number of hydrogen-bond acceptors (Lipinski definition) is 3. The lowest BCUT2D eigenvalue weighted by molar-refractivity contribution is -0.274. The molecule has 2 rings (SSSR count). The number of para-hydroxylation sites is 1.